The van der Waals surface area contributed by atoms with Gasteiger partial charge in [0.15, 0.2) is 0 Å². The number of H-pyrrole nitrogens is 1. The number of nitrogens with one attached hydrogen (secondary N) is 1. The summed E-state index contributed by atoms with van der Waals surface area (Å²) in [7, 11) is 0. The molecular weight excluding hydrogens is 328 g/mol. The fourth-order valence-electron chi connectivity index (χ4n) is 3.92. The summed E-state index contributed by atoms with van der Waals surface area (Å²) >= 11 is 0. The number of aromatic nitrogens is 2. The predicted octanol–water partition coefficient (Wildman–Crippen LogP) is 2.55. The Morgan fingerprint density at radius 1 is 0.962 bits per heavy atom. The second kappa shape index (κ2) is 7.32. The first-order valence-electron chi connectivity index (χ1n) is 9.41. The van der Waals surface area contributed by atoms with Gasteiger partial charge in [-0.25, -0.2) is 0 Å². The maximum absolute atomic E-state index is 12.7. The minimum atomic E-state index is -0.0485. The number of aromatic amines is 1. The average molecular weight is 352 g/mol. The molecule has 0 bridgehead atoms. The lowest BCUT2D eigenvalue weighted by molar-refractivity contribution is -0.136. The molecule has 1 N–H and O–H groups in total. The van der Waals surface area contributed by atoms with E-state index < -0.39 is 0 Å². The van der Waals surface area contributed by atoms with Crippen molar-refractivity contribution in [2.24, 2.45) is 5.92 Å². The number of amides is 2. The van der Waals surface area contributed by atoms with E-state index in [4.69, 9.17) is 0 Å². The van der Waals surface area contributed by atoms with E-state index in [9.17, 15) is 9.59 Å². The molecule has 26 heavy (non-hydrogen) atoms. The van der Waals surface area contributed by atoms with Crippen molar-refractivity contribution >= 4 is 11.8 Å². The molecule has 1 aromatic heterocycles. The molecule has 6 nitrogen and oxygen atoms in total. The summed E-state index contributed by atoms with van der Waals surface area (Å²) in [5.41, 5.74) is 2.25. The maximum atomic E-state index is 12.7. The zero-order valence-corrected chi connectivity index (χ0v) is 14.9. The van der Waals surface area contributed by atoms with Crippen LogP contribution in [0.15, 0.2) is 36.4 Å². The normalized spacial score (nSPS) is 18.3. The lowest BCUT2D eigenvalue weighted by Crippen LogP contribution is -2.51. The van der Waals surface area contributed by atoms with Crippen LogP contribution in [-0.2, 0) is 4.79 Å². The summed E-state index contributed by atoms with van der Waals surface area (Å²) in [4.78, 5) is 29.0. The highest BCUT2D eigenvalue weighted by atomic mass is 16.2. The zero-order chi connectivity index (χ0) is 17.9. The highest BCUT2D eigenvalue weighted by Gasteiger charge is 2.31. The van der Waals surface area contributed by atoms with Gasteiger partial charge >= 0.3 is 0 Å². The number of hydrogen-bond donors (Lipinski definition) is 1. The lowest BCUT2D eigenvalue weighted by Gasteiger charge is -2.35. The summed E-state index contributed by atoms with van der Waals surface area (Å²) in [6, 6.07) is 11.6. The Morgan fingerprint density at radius 3 is 2.31 bits per heavy atom. The van der Waals surface area contributed by atoms with Crippen molar-refractivity contribution in [2.75, 3.05) is 26.2 Å². The molecule has 0 atom stereocenters. The molecule has 136 valence electrons. The molecule has 2 heterocycles. The molecule has 0 radical (unpaired) electrons. The number of benzene rings is 1. The number of rotatable bonds is 3. The third kappa shape index (κ3) is 3.36. The molecule has 1 aliphatic heterocycles. The molecule has 0 unspecified atom stereocenters. The van der Waals surface area contributed by atoms with Gasteiger partial charge in [0, 0.05) is 37.7 Å². The number of carbonyl (C=O) groups excluding carboxylic acids is 2. The first-order valence-corrected chi connectivity index (χ1v) is 9.41. The Hall–Kier alpha value is -2.63. The molecule has 2 aromatic rings. The van der Waals surface area contributed by atoms with Gasteiger partial charge in [0.2, 0.25) is 5.91 Å². The summed E-state index contributed by atoms with van der Waals surface area (Å²) in [6.07, 6.45) is 4.37. The minimum Gasteiger partial charge on any atom is -0.339 e. The van der Waals surface area contributed by atoms with Gasteiger partial charge in [-0.2, -0.15) is 5.10 Å². The van der Waals surface area contributed by atoms with Gasteiger partial charge in [-0.15, -0.1) is 0 Å². The lowest BCUT2D eigenvalue weighted by atomic mass is 10.1. The Labute approximate surface area is 153 Å². The van der Waals surface area contributed by atoms with E-state index in [2.05, 4.69) is 10.2 Å². The summed E-state index contributed by atoms with van der Waals surface area (Å²) in [6.45, 7) is 2.41. The smallest absolute Gasteiger partial charge is 0.272 e. The largest absolute Gasteiger partial charge is 0.339 e. The van der Waals surface area contributed by atoms with Crippen molar-refractivity contribution in [1.29, 1.82) is 0 Å². The van der Waals surface area contributed by atoms with Crippen LogP contribution in [0.3, 0.4) is 0 Å². The van der Waals surface area contributed by atoms with Crippen molar-refractivity contribution in [1.82, 2.24) is 20.0 Å². The van der Waals surface area contributed by atoms with Crippen LogP contribution in [0.4, 0.5) is 0 Å². The fourth-order valence-corrected chi connectivity index (χ4v) is 3.92. The molecular formula is C20H24N4O2. The third-order valence-corrected chi connectivity index (χ3v) is 5.46. The molecule has 0 spiro atoms. The standard InChI is InChI=1S/C20H24N4O2/c25-19(16-8-4-5-9-16)23-10-12-24(13-11-23)20(26)18-14-17(21-22-18)15-6-2-1-3-7-15/h1-3,6-7,14,16H,4-5,8-13H2,(H,21,22). The SMILES string of the molecule is O=C(c1cc(-c2ccccc2)n[nH]1)N1CCN(C(=O)C2CCCC2)CC1. The molecule has 2 aliphatic rings. The van der Waals surface area contributed by atoms with Gasteiger partial charge < -0.3 is 9.80 Å². The van der Waals surface area contributed by atoms with Crippen molar-refractivity contribution in [3.63, 3.8) is 0 Å². The van der Waals surface area contributed by atoms with Gasteiger partial charge in [0.1, 0.15) is 5.69 Å². The first-order chi connectivity index (χ1) is 12.7. The Bertz CT molecular complexity index is 772. The maximum Gasteiger partial charge on any atom is 0.272 e. The highest BCUT2D eigenvalue weighted by Crippen LogP contribution is 2.27. The van der Waals surface area contributed by atoms with Gasteiger partial charge in [-0.3, -0.25) is 14.7 Å². The van der Waals surface area contributed by atoms with Crippen LogP contribution in [0.1, 0.15) is 36.2 Å². The summed E-state index contributed by atoms with van der Waals surface area (Å²) in [5.74, 6) is 0.438. The van der Waals surface area contributed by atoms with Crippen LogP contribution in [0.25, 0.3) is 11.3 Å². The second-order valence-electron chi connectivity index (χ2n) is 7.13. The van der Waals surface area contributed by atoms with E-state index in [0.29, 0.717) is 31.9 Å². The number of nitrogens with zero attached hydrogens (tertiary/aromatic N) is 3. The molecule has 1 saturated heterocycles. The van der Waals surface area contributed by atoms with E-state index in [1.54, 1.807) is 11.0 Å². The second-order valence-corrected chi connectivity index (χ2v) is 7.13. The van der Waals surface area contributed by atoms with Crippen LogP contribution >= 0.6 is 0 Å². The van der Waals surface area contributed by atoms with Crippen molar-refractivity contribution < 1.29 is 9.59 Å². The molecule has 2 fully saturated rings. The van der Waals surface area contributed by atoms with Crippen LogP contribution in [0.5, 0.6) is 0 Å². The van der Waals surface area contributed by atoms with E-state index in [-0.39, 0.29) is 17.7 Å². The van der Waals surface area contributed by atoms with Crippen LogP contribution in [0.2, 0.25) is 0 Å². The Balaban J connectivity index is 1.36. The molecule has 2 amide bonds. The van der Waals surface area contributed by atoms with Crippen LogP contribution in [-0.4, -0.2) is 58.0 Å². The van der Waals surface area contributed by atoms with Crippen LogP contribution in [0, 0.1) is 5.92 Å². The summed E-state index contributed by atoms with van der Waals surface area (Å²) < 4.78 is 0. The molecule has 1 aromatic carbocycles. The molecule has 1 saturated carbocycles. The predicted molar refractivity (Wildman–Crippen MR) is 98.5 cm³/mol. The van der Waals surface area contributed by atoms with E-state index in [0.717, 1.165) is 24.1 Å². The zero-order valence-electron chi connectivity index (χ0n) is 14.9. The van der Waals surface area contributed by atoms with Gasteiger partial charge in [-0.05, 0) is 18.9 Å². The quantitative estimate of drug-likeness (QED) is 0.923. The summed E-state index contributed by atoms with van der Waals surface area (Å²) in [5, 5.41) is 7.12. The molecule has 1 aliphatic carbocycles. The van der Waals surface area contributed by atoms with Gasteiger partial charge in [-0.1, -0.05) is 43.2 Å². The number of piperazine rings is 1. The van der Waals surface area contributed by atoms with E-state index in [1.165, 1.54) is 12.8 Å². The molecule has 6 heteroatoms. The van der Waals surface area contributed by atoms with E-state index in [1.807, 2.05) is 35.2 Å². The Morgan fingerprint density at radius 2 is 1.62 bits per heavy atom. The Kier molecular flexibility index (Phi) is 4.73. The topological polar surface area (TPSA) is 69.3 Å². The minimum absolute atomic E-state index is 0.0485. The fraction of sp³-hybridized carbons (Fsp3) is 0.450. The third-order valence-electron chi connectivity index (χ3n) is 5.46. The first kappa shape index (κ1) is 16.8. The van der Waals surface area contributed by atoms with E-state index >= 15 is 0 Å². The molecule has 4 rings (SSSR count). The number of hydrogen-bond acceptors (Lipinski definition) is 3. The van der Waals surface area contributed by atoms with Gasteiger partial charge in [0.25, 0.3) is 5.91 Å². The van der Waals surface area contributed by atoms with Crippen molar-refractivity contribution in [3.8, 4) is 11.3 Å². The monoisotopic (exact) mass is 352 g/mol. The average Bonchev–Trinajstić information content (AvgIpc) is 3.40. The van der Waals surface area contributed by atoms with Gasteiger partial charge in [0.05, 0.1) is 5.69 Å². The number of carbonyl (C=O) groups is 2. The highest BCUT2D eigenvalue weighted by molar-refractivity contribution is 5.93. The van der Waals surface area contributed by atoms with Crippen LogP contribution < -0.4 is 0 Å². The van der Waals surface area contributed by atoms with Crippen molar-refractivity contribution in [3.05, 3.63) is 42.1 Å². The van der Waals surface area contributed by atoms with Crippen molar-refractivity contribution in [2.45, 2.75) is 25.7 Å².